The van der Waals surface area contributed by atoms with Gasteiger partial charge in [0.1, 0.15) is 6.17 Å². The van der Waals surface area contributed by atoms with E-state index < -0.39 is 0 Å². The Kier molecular flexibility index (Phi) is 7.94. The van der Waals surface area contributed by atoms with Gasteiger partial charge in [-0.2, -0.15) is 0 Å². The second kappa shape index (κ2) is 13.6. The number of nitrogens with zero attached hydrogens (tertiary/aromatic N) is 2. The third-order valence-corrected chi connectivity index (χ3v) is 12.1. The number of hydrogen-bond donors (Lipinski definition) is 2. The number of aryl methyl sites for hydroxylation is 1. The molecule has 5 aromatic carbocycles. The van der Waals surface area contributed by atoms with E-state index in [1.54, 1.807) is 0 Å². The van der Waals surface area contributed by atoms with Crippen molar-refractivity contribution in [3.8, 4) is 11.1 Å². The van der Waals surface area contributed by atoms with Crippen molar-refractivity contribution < 1.29 is 0 Å². The van der Waals surface area contributed by atoms with Crippen LogP contribution in [-0.4, -0.2) is 15.3 Å². The van der Waals surface area contributed by atoms with Crippen LogP contribution in [0.4, 0.5) is 0 Å². The fraction of sp³-hybridized carbons (Fsp3) is 0.135. The average molecular weight is 723 g/mol. The molecule has 4 heteroatoms. The van der Waals surface area contributed by atoms with E-state index in [9.17, 15) is 0 Å². The topological polar surface area (TPSA) is 45.1 Å². The van der Waals surface area contributed by atoms with Gasteiger partial charge in [-0.05, 0) is 101 Å². The van der Waals surface area contributed by atoms with Crippen LogP contribution in [0.25, 0.3) is 61.2 Å². The molecule has 56 heavy (non-hydrogen) atoms. The monoisotopic (exact) mass is 722 g/mol. The van der Waals surface area contributed by atoms with Crippen LogP contribution in [-0.2, 0) is 6.42 Å². The summed E-state index contributed by atoms with van der Waals surface area (Å²) in [6.07, 6.45) is 25.6. The summed E-state index contributed by atoms with van der Waals surface area (Å²) in [5.74, 6) is 0. The van der Waals surface area contributed by atoms with Crippen molar-refractivity contribution in [2.75, 3.05) is 0 Å². The van der Waals surface area contributed by atoms with Gasteiger partial charge in [-0.15, -0.1) is 0 Å². The first kappa shape index (κ1) is 32.8. The van der Waals surface area contributed by atoms with Gasteiger partial charge >= 0.3 is 0 Å². The van der Waals surface area contributed by atoms with E-state index in [1.165, 1.54) is 71.8 Å². The molecule has 1 aliphatic heterocycles. The molecule has 3 aliphatic carbocycles. The van der Waals surface area contributed by atoms with E-state index in [2.05, 4.69) is 185 Å². The molecule has 11 rings (SSSR count). The highest BCUT2D eigenvalue weighted by Gasteiger charge is 2.23. The number of allylic oxidation sites excluding steroid dienone is 10. The Labute approximate surface area is 327 Å². The maximum atomic E-state index is 5.16. The normalized spacial score (nSPS) is 19.1. The van der Waals surface area contributed by atoms with Crippen LogP contribution in [0.5, 0.6) is 0 Å². The van der Waals surface area contributed by atoms with Gasteiger partial charge in [-0.3, -0.25) is 4.99 Å². The van der Waals surface area contributed by atoms with E-state index in [4.69, 9.17) is 4.99 Å². The fourth-order valence-corrected chi connectivity index (χ4v) is 9.24. The van der Waals surface area contributed by atoms with Gasteiger partial charge in [0.15, 0.2) is 0 Å². The summed E-state index contributed by atoms with van der Waals surface area (Å²) in [5.41, 5.74) is 17.3. The predicted molar refractivity (Wildman–Crippen MR) is 235 cm³/mol. The molecule has 0 spiro atoms. The van der Waals surface area contributed by atoms with Gasteiger partial charge in [0.05, 0.1) is 17.3 Å². The third-order valence-electron chi connectivity index (χ3n) is 12.1. The maximum absolute atomic E-state index is 5.16. The summed E-state index contributed by atoms with van der Waals surface area (Å²) in [6, 6.07) is 42.4. The van der Waals surface area contributed by atoms with Crippen LogP contribution >= 0.6 is 0 Å². The lowest BCUT2D eigenvalue weighted by atomic mass is 9.94. The minimum absolute atomic E-state index is 0.130. The van der Waals surface area contributed by atoms with Crippen molar-refractivity contribution in [2.24, 2.45) is 4.99 Å². The van der Waals surface area contributed by atoms with Crippen LogP contribution < -0.4 is 5.32 Å². The quantitative estimate of drug-likeness (QED) is 0.176. The molecular weight excluding hydrogens is 681 g/mol. The highest BCUT2D eigenvalue weighted by molar-refractivity contribution is 6.13. The molecule has 2 atom stereocenters. The van der Waals surface area contributed by atoms with Gasteiger partial charge in [-0.25, -0.2) is 0 Å². The molecule has 2 unspecified atom stereocenters. The summed E-state index contributed by atoms with van der Waals surface area (Å²) in [4.78, 5) is 8.91. The summed E-state index contributed by atoms with van der Waals surface area (Å²) in [5, 5.41) is 7.68. The second-order valence-corrected chi connectivity index (χ2v) is 15.4. The number of para-hydroxylation sites is 2. The first-order valence-electron chi connectivity index (χ1n) is 20.0. The molecule has 2 N–H and O–H groups in total. The summed E-state index contributed by atoms with van der Waals surface area (Å²) in [7, 11) is 0. The third kappa shape index (κ3) is 5.64. The molecule has 7 aromatic rings. The second-order valence-electron chi connectivity index (χ2n) is 15.4. The molecule has 4 aliphatic rings. The van der Waals surface area contributed by atoms with Crippen LogP contribution in [0.1, 0.15) is 65.8 Å². The average Bonchev–Trinajstić information content (AvgIpc) is 3.83. The molecule has 0 radical (unpaired) electrons. The Morgan fingerprint density at radius 1 is 0.679 bits per heavy atom. The first-order chi connectivity index (χ1) is 27.7. The zero-order chi connectivity index (χ0) is 37.0. The number of aromatic amines is 1. The van der Waals surface area contributed by atoms with Crippen LogP contribution in [0, 0.1) is 0 Å². The zero-order valence-corrected chi connectivity index (χ0v) is 31.3. The SMILES string of the molecule is C1=CCCC(C2=NC(c3ccccc3)NC(c3ccc(-c4ccc5c(c4)c4ccccc4n5C4C=CC(c5cccc6c7c([nH]c56)C=CCC7)=CC4)cc3)=C2)=C1. The highest BCUT2D eigenvalue weighted by atomic mass is 15.1. The molecule has 0 bridgehead atoms. The smallest absolute Gasteiger partial charge is 0.145 e. The Morgan fingerprint density at radius 2 is 1.48 bits per heavy atom. The van der Waals surface area contributed by atoms with Crippen molar-refractivity contribution in [1.29, 1.82) is 0 Å². The lowest BCUT2D eigenvalue weighted by Gasteiger charge is -2.26. The molecular formula is C52H42N4. The molecule has 0 amide bonds. The predicted octanol–water partition coefficient (Wildman–Crippen LogP) is 12.8. The van der Waals surface area contributed by atoms with E-state index in [0.29, 0.717) is 0 Å². The maximum Gasteiger partial charge on any atom is 0.145 e. The molecule has 4 nitrogen and oxygen atoms in total. The van der Waals surface area contributed by atoms with E-state index in [-0.39, 0.29) is 12.2 Å². The Bertz CT molecular complexity index is 2900. The number of fused-ring (bicyclic) bond motifs is 6. The Balaban J connectivity index is 0.900. The van der Waals surface area contributed by atoms with Crippen molar-refractivity contribution >= 4 is 55.8 Å². The number of H-pyrrole nitrogens is 1. The molecule has 0 saturated heterocycles. The van der Waals surface area contributed by atoms with E-state index in [0.717, 1.165) is 54.6 Å². The van der Waals surface area contributed by atoms with Gasteiger partial charge in [-0.1, -0.05) is 140 Å². The molecule has 270 valence electrons. The number of hydrogen-bond acceptors (Lipinski definition) is 2. The van der Waals surface area contributed by atoms with Crippen molar-refractivity contribution in [3.05, 3.63) is 197 Å². The lowest BCUT2D eigenvalue weighted by molar-refractivity contribution is 0.649. The molecule has 0 fully saturated rings. The number of rotatable bonds is 6. The number of aliphatic imine (C=N–C) groups is 1. The van der Waals surface area contributed by atoms with Gasteiger partial charge in [0, 0.05) is 44.1 Å². The molecule has 3 heterocycles. The van der Waals surface area contributed by atoms with E-state index in [1.807, 2.05) is 0 Å². The summed E-state index contributed by atoms with van der Waals surface area (Å²) in [6.45, 7) is 0. The molecule has 0 saturated carbocycles. The van der Waals surface area contributed by atoms with Crippen molar-refractivity contribution in [3.63, 3.8) is 0 Å². The standard InChI is InChI=1S/C52H42N4/c1-3-12-36(13-4-1)47-33-48(55-52(54-47)38-14-5-2-6-15-38)37-24-22-34(23-25-37)39-28-31-50-45(32-39)43-17-8-10-21-49(43)56(50)40-29-26-35(27-30-40)41-18-11-19-44-42-16-7-9-20-46(42)53-51(41)44/h1-3,5-6,8-12,14-15,17-29,31-33,40,52-53,55H,4,7,13,16,30H2. The summed E-state index contributed by atoms with van der Waals surface area (Å²) < 4.78 is 2.54. The lowest BCUT2D eigenvalue weighted by Crippen LogP contribution is -2.25. The number of aromatic nitrogens is 2. The zero-order valence-electron chi connectivity index (χ0n) is 31.3. The van der Waals surface area contributed by atoms with E-state index >= 15 is 0 Å². The minimum Gasteiger partial charge on any atom is -0.360 e. The highest BCUT2D eigenvalue weighted by Crippen LogP contribution is 2.40. The van der Waals surface area contributed by atoms with Crippen LogP contribution in [0.3, 0.4) is 0 Å². The summed E-state index contributed by atoms with van der Waals surface area (Å²) >= 11 is 0. The first-order valence-corrected chi connectivity index (χ1v) is 20.0. The van der Waals surface area contributed by atoms with Crippen LogP contribution in [0.15, 0.2) is 174 Å². The minimum atomic E-state index is -0.130. The largest absolute Gasteiger partial charge is 0.360 e. The molecule has 2 aromatic heterocycles. The van der Waals surface area contributed by atoms with Crippen molar-refractivity contribution in [2.45, 2.75) is 44.3 Å². The van der Waals surface area contributed by atoms with Gasteiger partial charge in [0.25, 0.3) is 0 Å². The van der Waals surface area contributed by atoms with Gasteiger partial charge in [0.2, 0.25) is 0 Å². The fourth-order valence-electron chi connectivity index (χ4n) is 9.24. The van der Waals surface area contributed by atoms with Gasteiger partial charge < -0.3 is 14.9 Å². The Hall–Kier alpha value is -6.65. The van der Waals surface area contributed by atoms with Crippen molar-refractivity contribution in [1.82, 2.24) is 14.9 Å². The Morgan fingerprint density at radius 3 is 2.34 bits per heavy atom. The number of nitrogens with one attached hydrogen (secondary N) is 2. The van der Waals surface area contributed by atoms with Crippen LogP contribution in [0.2, 0.25) is 0 Å². The number of benzene rings is 5.